The second-order valence-corrected chi connectivity index (χ2v) is 5.87. The van der Waals surface area contributed by atoms with Crippen molar-refractivity contribution < 1.29 is 5.11 Å². The molecule has 0 spiro atoms. The Balaban J connectivity index is 1.85. The zero-order chi connectivity index (χ0) is 12.5. The Morgan fingerprint density at radius 1 is 1.28 bits per heavy atom. The van der Waals surface area contributed by atoms with E-state index in [9.17, 15) is 5.11 Å². The van der Waals surface area contributed by atoms with Crippen molar-refractivity contribution >= 4 is 0 Å². The molecule has 2 unspecified atom stereocenters. The highest BCUT2D eigenvalue weighted by atomic mass is 16.3. The van der Waals surface area contributed by atoms with Gasteiger partial charge in [0, 0.05) is 6.04 Å². The molecule has 1 heterocycles. The molecule has 98 valence electrons. The Morgan fingerprint density at radius 3 is 3.00 bits per heavy atom. The fourth-order valence-electron chi connectivity index (χ4n) is 3.82. The molecule has 1 saturated heterocycles. The van der Waals surface area contributed by atoms with Gasteiger partial charge in [0.05, 0.1) is 0 Å². The first-order valence-electron chi connectivity index (χ1n) is 7.32. The average Bonchev–Trinajstić information content (AvgIpc) is 2.37. The van der Waals surface area contributed by atoms with Crippen molar-refractivity contribution in [2.24, 2.45) is 5.92 Å². The number of nitrogens with zero attached hydrogens (tertiary/aromatic N) is 1. The smallest absolute Gasteiger partial charge is 0.115 e. The van der Waals surface area contributed by atoms with Crippen LogP contribution in [0.15, 0.2) is 18.2 Å². The Labute approximate surface area is 110 Å². The van der Waals surface area contributed by atoms with Gasteiger partial charge in [0.2, 0.25) is 0 Å². The maximum atomic E-state index is 9.61. The molecule has 2 aliphatic rings. The summed E-state index contributed by atoms with van der Waals surface area (Å²) >= 11 is 0. The van der Waals surface area contributed by atoms with Crippen LogP contribution in [0.25, 0.3) is 0 Å². The number of aromatic hydroxyl groups is 1. The van der Waals surface area contributed by atoms with Gasteiger partial charge in [-0.1, -0.05) is 13.0 Å². The molecule has 0 bridgehead atoms. The lowest BCUT2D eigenvalue weighted by atomic mass is 9.75. The van der Waals surface area contributed by atoms with Gasteiger partial charge in [-0.15, -0.1) is 0 Å². The third-order valence-electron chi connectivity index (χ3n) is 4.65. The van der Waals surface area contributed by atoms with Crippen LogP contribution in [-0.2, 0) is 12.8 Å². The van der Waals surface area contributed by atoms with Crippen LogP contribution >= 0.6 is 0 Å². The minimum absolute atomic E-state index is 0.424. The standard InChI is InChI=1S/C16H23NO/c1-2-7-17-8-3-4-13-9-14-10-15(18)6-5-12(14)11-16(13)17/h5-6,10,13,16,18H,2-4,7-9,11H2,1H3. The monoisotopic (exact) mass is 245 g/mol. The van der Waals surface area contributed by atoms with Gasteiger partial charge < -0.3 is 5.11 Å². The summed E-state index contributed by atoms with van der Waals surface area (Å²) in [5, 5.41) is 9.61. The predicted octanol–water partition coefficient (Wildman–Crippen LogP) is 2.98. The maximum Gasteiger partial charge on any atom is 0.115 e. The summed E-state index contributed by atoms with van der Waals surface area (Å²) in [6.07, 6.45) is 6.30. The largest absolute Gasteiger partial charge is 0.508 e. The summed E-state index contributed by atoms with van der Waals surface area (Å²) in [5.41, 5.74) is 2.84. The number of likely N-dealkylation sites (tertiary alicyclic amines) is 1. The van der Waals surface area contributed by atoms with Crippen molar-refractivity contribution in [1.29, 1.82) is 0 Å². The molecule has 2 atom stereocenters. The van der Waals surface area contributed by atoms with Crippen LogP contribution in [-0.4, -0.2) is 29.1 Å². The van der Waals surface area contributed by atoms with Gasteiger partial charge in [0.15, 0.2) is 0 Å². The number of phenolic OH excluding ortho intramolecular Hbond substituents is 1. The van der Waals surface area contributed by atoms with Gasteiger partial charge in [-0.3, -0.25) is 4.90 Å². The molecule has 0 saturated carbocycles. The number of piperidine rings is 1. The van der Waals surface area contributed by atoms with E-state index in [0.717, 1.165) is 18.4 Å². The van der Waals surface area contributed by atoms with Crippen molar-refractivity contribution in [3.05, 3.63) is 29.3 Å². The quantitative estimate of drug-likeness (QED) is 0.866. The summed E-state index contributed by atoms with van der Waals surface area (Å²) in [4.78, 5) is 2.70. The fraction of sp³-hybridized carbons (Fsp3) is 0.625. The highest BCUT2D eigenvalue weighted by Gasteiger charge is 2.34. The maximum absolute atomic E-state index is 9.61. The molecule has 1 fully saturated rings. The Hall–Kier alpha value is -1.02. The first kappa shape index (κ1) is 12.0. The van der Waals surface area contributed by atoms with Crippen LogP contribution in [0.2, 0.25) is 0 Å². The van der Waals surface area contributed by atoms with Crippen LogP contribution in [0.3, 0.4) is 0 Å². The molecule has 2 nitrogen and oxygen atoms in total. The second kappa shape index (κ2) is 4.93. The molecular formula is C16H23NO. The lowest BCUT2D eigenvalue weighted by molar-refractivity contribution is 0.0854. The molecule has 1 aromatic carbocycles. The van der Waals surface area contributed by atoms with Crippen molar-refractivity contribution in [1.82, 2.24) is 4.90 Å². The second-order valence-electron chi connectivity index (χ2n) is 5.87. The van der Waals surface area contributed by atoms with Gasteiger partial charge in [-0.05, 0) is 74.4 Å². The van der Waals surface area contributed by atoms with Gasteiger partial charge in [-0.2, -0.15) is 0 Å². The first-order chi connectivity index (χ1) is 8.78. The number of hydrogen-bond acceptors (Lipinski definition) is 2. The fourth-order valence-corrected chi connectivity index (χ4v) is 3.82. The normalized spacial score (nSPS) is 27.6. The Morgan fingerprint density at radius 2 is 2.17 bits per heavy atom. The van der Waals surface area contributed by atoms with E-state index in [1.165, 1.54) is 49.9 Å². The minimum Gasteiger partial charge on any atom is -0.508 e. The molecule has 0 aromatic heterocycles. The molecule has 1 aliphatic heterocycles. The lowest BCUT2D eigenvalue weighted by Gasteiger charge is -2.44. The number of fused-ring (bicyclic) bond motifs is 2. The summed E-state index contributed by atoms with van der Waals surface area (Å²) in [6, 6.07) is 6.69. The van der Waals surface area contributed by atoms with Crippen molar-refractivity contribution in [2.75, 3.05) is 13.1 Å². The molecular weight excluding hydrogens is 222 g/mol. The van der Waals surface area contributed by atoms with Crippen molar-refractivity contribution in [3.63, 3.8) is 0 Å². The number of hydrogen-bond donors (Lipinski definition) is 1. The average molecular weight is 245 g/mol. The topological polar surface area (TPSA) is 23.5 Å². The summed E-state index contributed by atoms with van der Waals surface area (Å²) in [7, 11) is 0. The highest BCUT2D eigenvalue weighted by Crippen LogP contribution is 2.36. The highest BCUT2D eigenvalue weighted by molar-refractivity contribution is 5.37. The molecule has 0 amide bonds. The van der Waals surface area contributed by atoms with Crippen LogP contribution in [0.4, 0.5) is 0 Å². The Kier molecular flexibility index (Phi) is 3.29. The van der Waals surface area contributed by atoms with E-state index >= 15 is 0 Å². The zero-order valence-corrected chi connectivity index (χ0v) is 11.2. The van der Waals surface area contributed by atoms with Gasteiger partial charge in [0.1, 0.15) is 5.75 Å². The predicted molar refractivity (Wildman–Crippen MR) is 73.9 cm³/mol. The molecule has 1 N–H and O–H groups in total. The van der Waals surface area contributed by atoms with E-state index in [2.05, 4.69) is 17.9 Å². The third-order valence-corrected chi connectivity index (χ3v) is 4.65. The number of phenols is 1. The SMILES string of the molecule is CCCN1CCCC2Cc3cc(O)ccc3CC21. The molecule has 1 aliphatic carbocycles. The van der Waals surface area contributed by atoms with E-state index in [-0.39, 0.29) is 0 Å². The first-order valence-corrected chi connectivity index (χ1v) is 7.32. The van der Waals surface area contributed by atoms with E-state index in [4.69, 9.17) is 0 Å². The van der Waals surface area contributed by atoms with Gasteiger partial charge >= 0.3 is 0 Å². The summed E-state index contributed by atoms with van der Waals surface area (Å²) in [5.74, 6) is 1.23. The molecule has 2 heteroatoms. The molecule has 3 rings (SSSR count). The van der Waals surface area contributed by atoms with Crippen molar-refractivity contribution in [2.45, 2.75) is 45.1 Å². The van der Waals surface area contributed by atoms with Crippen molar-refractivity contribution in [3.8, 4) is 5.75 Å². The molecule has 18 heavy (non-hydrogen) atoms. The van der Waals surface area contributed by atoms with Crippen LogP contribution < -0.4 is 0 Å². The summed E-state index contributed by atoms with van der Waals surface area (Å²) < 4.78 is 0. The van der Waals surface area contributed by atoms with Crippen LogP contribution in [0.5, 0.6) is 5.75 Å². The van der Waals surface area contributed by atoms with E-state index < -0.39 is 0 Å². The lowest BCUT2D eigenvalue weighted by Crippen LogP contribution is -2.49. The molecule has 0 radical (unpaired) electrons. The minimum atomic E-state index is 0.424. The number of rotatable bonds is 2. The number of benzene rings is 1. The third kappa shape index (κ3) is 2.14. The van der Waals surface area contributed by atoms with Gasteiger partial charge in [-0.25, -0.2) is 0 Å². The van der Waals surface area contributed by atoms with Crippen LogP contribution in [0.1, 0.15) is 37.3 Å². The zero-order valence-electron chi connectivity index (χ0n) is 11.2. The van der Waals surface area contributed by atoms with E-state index in [1.54, 1.807) is 0 Å². The van der Waals surface area contributed by atoms with Gasteiger partial charge in [0.25, 0.3) is 0 Å². The van der Waals surface area contributed by atoms with E-state index in [0.29, 0.717) is 5.75 Å². The Bertz CT molecular complexity index is 427. The van der Waals surface area contributed by atoms with E-state index in [1.807, 2.05) is 12.1 Å². The van der Waals surface area contributed by atoms with Crippen LogP contribution in [0, 0.1) is 5.92 Å². The summed E-state index contributed by atoms with van der Waals surface area (Å²) in [6.45, 7) is 4.80. The molecule has 1 aromatic rings.